The third kappa shape index (κ3) is 9.15. The first-order chi connectivity index (χ1) is 20.0. The van der Waals surface area contributed by atoms with Crippen LogP contribution in [0.25, 0.3) is 11.1 Å². The van der Waals surface area contributed by atoms with Gasteiger partial charge < -0.3 is 10.2 Å². The first-order valence-electron chi connectivity index (χ1n) is 15.1. The van der Waals surface area contributed by atoms with Crippen molar-refractivity contribution in [1.29, 1.82) is 0 Å². The summed E-state index contributed by atoms with van der Waals surface area (Å²) in [6.45, 7) is 16.0. The fourth-order valence-electron chi connectivity index (χ4n) is 5.08. The number of hydrogen-bond donors (Lipinski definition) is 1. The molecule has 5 heteroatoms. The number of carbonyl (C=O) groups excluding carboxylic acids is 1. The molecule has 1 amide bonds. The Hall–Kier alpha value is -3.70. The van der Waals surface area contributed by atoms with Crippen LogP contribution in [0.5, 0.6) is 0 Å². The minimum atomic E-state index is 0.113. The van der Waals surface area contributed by atoms with Crippen LogP contribution in [0, 0.1) is 6.92 Å². The fourth-order valence-corrected chi connectivity index (χ4v) is 5.08. The Kier molecular flexibility index (Phi) is 12.8. The molecule has 1 N–H and O–H groups in total. The molecule has 3 aromatic rings. The molecule has 0 radical (unpaired) electrons. The van der Waals surface area contributed by atoms with Gasteiger partial charge in [-0.05, 0) is 81.1 Å². The van der Waals surface area contributed by atoms with Gasteiger partial charge in [-0.25, -0.2) is 0 Å². The lowest BCUT2D eigenvalue weighted by atomic mass is 9.99. The molecular formula is C36H48N4O. The standard InChI is InChI=1S/C34H42N4O.C2H6/c1-5-19-36-33(27(4)6-2)25-37-21-17-32(18-22-37)38(34(39)30-13-9-26(3)10-14-30)24-28-11-15-29(16-12-28)31-8-7-20-35-23-31;1-2/h5,7-16,19-20,23,32,36H,6,17-18,21-22,24-25H2,1-4H3;1-2H3/b19-5-,33-27+;. The Labute approximate surface area is 248 Å². The predicted molar refractivity (Wildman–Crippen MR) is 172 cm³/mol. The van der Waals surface area contributed by atoms with Crippen LogP contribution >= 0.6 is 0 Å². The molecule has 0 saturated carbocycles. The minimum Gasteiger partial charge on any atom is -0.364 e. The van der Waals surface area contributed by atoms with Crippen LogP contribution in [-0.2, 0) is 6.54 Å². The van der Waals surface area contributed by atoms with Crippen molar-refractivity contribution in [2.45, 2.75) is 73.4 Å². The molecule has 0 bridgehead atoms. The SMILES string of the molecule is C/C=C\N/C(CN1CCC(N(Cc2ccc(-c3cccnc3)cc2)C(=O)c2ccc(C)cc2)CC1)=C(\C)CC.CC. The van der Waals surface area contributed by atoms with Crippen LogP contribution in [0.2, 0.25) is 0 Å². The summed E-state index contributed by atoms with van der Waals surface area (Å²) in [6, 6.07) is 20.8. The number of nitrogens with zero attached hydrogens (tertiary/aromatic N) is 3. The van der Waals surface area contributed by atoms with E-state index in [2.05, 4.69) is 71.2 Å². The molecule has 0 atom stereocenters. The summed E-state index contributed by atoms with van der Waals surface area (Å²) in [5.74, 6) is 0.113. The lowest BCUT2D eigenvalue weighted by molar-refractivity contribution is 0.0556. The van der Waals surface area contributed by atoms with E-state index in [1.54, 1.807) is 6.20 Å². The number of hydrogen-bond acceptors (Lipinski definition) is 4. The van der Waals surface area contributed by atoms with Gasteiger partial charge >= 0.3 is 0 Å². The van der Waals surface area contributed by atoms with E-state index >= 15 is 0 Å². The van der Waals surface area contributed by atoms with Crippen molar-refractivity contribution in [3.63, 3.8) is 0 Å². The fraction of sp³-hybridized carbons (Fsp3) is 0.389. The van der Waals surface area contributed by atoms with Gasteiger partial charge in [-0.2, -0.15) is 0 Å². The average molecular weight is 553 g/mol. The van der Waals surface area contributed by atoms with Gasteiger partial charge in [-0.1, -0.05) is 80.4 Å². The number of likely N-dealkylation sites (tertiary alicyclic amines) is 1. The molecule has 41 heavy (non-hydrogen) atoms. The average Bonchev–Trinajstić information content (AvgIpc) is 3.03. The second-order valence-electron chi connectivity index (χ2n) is 10.5. The predicted octanol–water partition coefficient (Wildman–Crippen LogP) is 8.00. The summed E-state index contributed by atoms with van der Waals surface area (Å²) in [7, 11) is 0. The highest BCUT2D eigenvalue weighted by atomic mass is 16.2. The number of carbonyl (C=O) groups is 1. The largest absolute Gasteiger partial charge is 0.364 e. The van der Waals surface area contributed by atoms with Crippen LogP contribution < -0.4 is 5.32 Å². The molecule has 5 nitrogen and oxygen atoms in total. The molecule has 0 aliphatic carbocycles. The van der Waals surface area contributed by atoms with Crippen LogP contribution in [0.15, 0.2) is 96.6 Å². The molecule has 1 fully saturated rings. The van der Waals surface area contributed by atoms with Gasteiger partial charge in [0.1, 0.15) is 0 Å². The van der Waals surface area contributed by atoms with Crippen molar-refractivity contribution in [3.05, 3.63) is 113 Å². The van der Waals surface area contributed by atoms with E-state index in [-0.39, 0.29) is 11.9 Å². The van der Waals surface area contributed by atoms with Crippen LogP contribution in [0.3, 0.4) is 0 Å². The van der Waals surface area contributed by atoms with E-state index in [0.717, 1.165) is 66.7 Å². The smallest absolute Gasteiger partial charge is 0.254 e. The zero-order valence-electron chi connectivity index (χ0n) is 25.9. The maximum atomic E-state index is 13.8. The number of nitrogens with one attached hydrogen (secondary N) is 1. The highest BCUT2D eigenvalue weighted by Gasteiger charge is 2.29. The first kappa shape index (κ1) is 31.8. The lowest BCUT2D eigenvalue weighted by Crippen LogP contribution is -2.47. The van der Waals surface area contributed by atoms with Crippen molar-refractivity contribution in [2.75, 3.05) is 19.6 Å². The Morgan fingerprint density at radius 2 is 1.71 bits per heavy atom. The molecule has 2 heterocycles. The quantitative estimate of drug-likeness (QED) is 0.277. The molecular weight excluding hydrogens is 504 g/mol. The number of aromatic nitrogens is 1. The summed E-state index contributed by atoms with van der Waals surface area (Å²) in [6.07, 6.45) is 10.7. The van der Waals surface area contributed by atoms with E-state index in [4.69, 9.17) is 0 Å². The summed E-state index contributed by atoms with van der Waals surface area (Å²) < 4.78 is 0. The van der Waals surface area contributed by atoms with Crippen molar-refractivity contribution in [3.8, 4) is 11.1 Å². The maximum Gasteiger partial charge on any atom is 0.254 e. The van der Waals surface area contributed by atoms with Gasteiger partial charge in [0, 0.05) is 55.9 Å². The first-order valence-corrected chi connectivity index (χ1v) is 15.1. The summed E-state index contributed by atoms with van der Waals surface area (Å²) in [5.41, 5.74) is 7.97. The molecule has 218 valence electrons. The number of benzene rings is 2. The second-order valence-corrected chi connectivity index (χ2v) is 10.5. The Morgan fingerprint density at radius 3 is 2.29 bits per heavy atom. The molecule has 1 aliphatic rings. The van der Waals surface area contributed by atoms with Gasteiger partial charge in [0.05, 0.1) is 0 Å². The van der Waals surface area contributed by atoms with Crippen molar-refractivity contribution in [2.24, 2.45) is 0 Å². The molecule has 0 unspecified atom stereocenters. The third-order valence-electron chi connectivity index (χ3n) is 7.71. The van der Waals surface area contributed by atoms with E-state index in [9.17, 15) is 4.79 Å². The van der Waals surface area contributed by atoms with E-state index in [0.29, 0.717) is 6.54 Å². The number of pyridine rings is 1. The van der Waals surface area contributed by atoms with Gasteiger partial charge in [0.25, 0.3) is 5.91 Å². The Balaban J connectivity index is 0.00000226. The Bertz CT molecular complexity index is 1260. The summed E-state index contributed by atoms with van der Waals surface area (Å²) in [4.78, 5) is 22.7. The highest BCUT2D eigenvalue weighted by Crippen LogP contribution is 2.24. The van der Waals surface area contributed by atoms with Gasteiger partial charge in [0.2, 0.25) is 0 Å². The number of allylic oxidation sites excluding steroid dienone is 2. The van der Waals surface area contributed by atoms with Crippen molar-refractivity contribution < 1.29 is 4.79 Å². The monoisotopic (exact) mass is 552 g/mol. The second kappa shape index (κ2) is 16.5. The van der Waals surface area contributed by atoms with Gasteiger partial charge in [-0.15, -0.1) is 0 Å². The molecule has 2 aromatic carbocycles. The Morgan fingerprint density at radius 1 is 1.02 bits per heavy atom. The number of piperidine rings is 1. The molecule has 0 spiro atoms. The van der Waals surface area contributed by atoms with Crippen LogP contribution in [-0.4, -0.2) is 46.4 Å². The minimum absolute atomic E-state index is 0.113. The maximum absolute atomic E-state index is 13.8. The zero-order valence-corrected chi connectivity index (χ0v) is 25.9. The number of amides is 1. The van der Waals surface area contributed by atoms with Crippen molar-refractivity contribution in [1.82, 2.24) is 20.1 Å². The number of aryl methyl sites for hydroxylation is 1. The van der Waals surface area contributed by atoms with Crippen LogP contribution in [0.4, 0.5) is 0 Å². The molecule has 1 aliphatic heterocycles. The highest BCUT2D eigenvalue weighted by molar-refractivity contribution is 5.94. The summed E-state index contributed by atoms with van der Waals surface area (Å²) in [5, 5.41) is 3.48. The third-order valence-corrected chi connectivity index (χ3v) is 7.71. The van der Waals surface area contributed by atoms with Crippen molar-refractivity contribution >= 4 is 5.91 Å². The number of rotatable bonds is 10. The van der Waals surface area contributed by atoms with Gasteiger partial charge in [0.15, 0.2) is 0 Å². The molecule has 4 rings (SSSR count). The van der Waals surface area contributed by atoms with E-state index in [1.165, 1.54) is 11.3 Å². The molecule has 1 saturated heterocycles. The normalized spacial score (nSPS) is 14.7. The zero-order chi connectivity index (χ0) is 29.6. The van der Waals surface area contributed by atoms with Crippen LogP contribution in [0.1, 0.15) is 75.4 Å². The van der Waals surface area contributed by atoms with E-state index in [1.807, 2.05) is 69.6 Å². The van der Waals surface area contributed by atoms with Gasteiger partial charge in [-0.3, -0.25) is 14.7 Å². The topological polar surface area (TPSA) is 48.5 Å². The van der Waals surface area contributed by atoms with E-state index < -0.39 is 0 Å². The lowest BCUT2D eigenvalue weighted by Gasteiger charge is -2.39. The summed E-state index contributed by atoms with van der Waals surface area (Å²) >= 11 is 0. The molecule has 1 aromatic heterocycles.